The van der Waals surface area contributed by atoms with Gasteiger partial charge in [-0.2, -0.15) is 13.2 Å². The molecule has 3 rings (SSSR count). The number of fused-ring (bicyclic) bond motifs is 2. The number of hydrogen-bond donors (Lipinski definition) is 2. The van der Waals surface area contributed by atoms with Crippen molar-refractivity contribution in [2.45, 2.75) is 50.4 Å². The summed E-state index contributed by atoms with van der Waals surface area (Å²) in [6.45, 7) is 0. The van der Waals surface area contributed by atoms with Crippen LogP contribution in [0.3, 0.4) is 0 Å². The summed E-state index contributed by atoms with van der Waals surface area (Å²) in [6.07, 6.45) is -0.122. The summed E-state index contributed by atoms with van der Waals surface area (Å²) in [4.78, 5) is 12.4. The number of carbonyl (C=O) groups excluding carboxylic acids is 1. The molecule has 0 aliphatic heterocycles. The van der Waals surface area contributed by atoms with E-state index in [0.717, 1.165) is 32.1 Å². The molecule has 0 heterocycles. The van der Waals surface area contributed by atoms with Crippen molar-refractivity contribution in [3.8, 4) is 0 Å². The number of carbonyl (C=O) groups is 1. The standard InChI is InChI=1S/C17H20F4N2O.ClH/c18-14-5-4-11(17(19,20)21)8-13(14)16(24)23-15-9-2-1-3-10(15)7-12(22)6-9;/h4-5,8-10,12,15H,1-3,6-7,22H2,(H,23,24);1H. The molecule has 0 spiro atoms. The zero-order chi connectivity index (χ0) is 17.5. The highest BCUT2D eigenvalue weighted by Gasteiger charge is 2.40. The number of nitrogens with two attached hydrogens (primary N) is 1. The van der Waals surface area contributed by atoms with Crippen LogP contribution >= 0.6 is 12.4 Å². The van der Waals surface area contributed by atoms with Crippen LogP contribution in [0.15, 0.2) is 18.2 Å². The average Bonchev–Trinajstić information content (AvgIpc) is 2.47. The number of alkyl halides is 3. The van der Waals surface area contributed by atoms with E-state index >= 15 is 0 Å². The van der Waals surface area contributed by atoms with Crippen molar-refractivity contribution in [1.82, 2.24) is 5.32 Å². The molecule has 2 unspecified atom stereocenters. The van der Waals surface area contributed by atoms with Gasteiger partial charge in [-0.25, -0.2) is 4.39 Å². The largest absolute Gasteiger partial charge is 0.416 e. The summed E-state index contributed by atoms with van der Waals surface area (Å²) < 4.78 is 52.2. The number of benzene rings is 1. The van der Waals surface area contributed by atoms with E-state index in [2.05, 4.69) is 5.32 Å². The SMILES string of the molecule is Cl.NC1CC2CCCC(C1)C2NC(=O)c1cc(C(F)(F)F)ccc1F. The Kier molecular flexibility index (Phi) is 5.99. The predicted molar refractivity (Wildman–Crippen MR) is 87.9 cm³/mol. The Morgan fingerprint density at radius 2 is 1.76 bits per heavy atom. The summed E-state index contributed by atoms with van der Waals surface area (Å²) in [7, 11) is 0. The molecule has 3 N–H and O–H groups in total. The molecular weight excluding hydrogens is 360 g/mol. The van der Waals surface area contributed by atoms with Crippen molar-refractivity contribution < 1.29 is 22.4 Å². The fourth-order valence-electron chi connectivity index (χ4n) is 4.13. The van der Waals surface area contributed by atoms with Crippen LogP contribution in [0, 0.1) is 17.7 Å². The zero-order valence-corrected chi connectivity index (χ0v) is 14.3. The van der Waals surface area contributed by atoms with Gasteiger partial charge in [0.2, 0.25) is 0 Å². The van der Waals surface area contributed by atoms with Gasteiger partial charge in [-0.05, 0) is 55.7 Å². The van der Waals surface area contributed by atoms with E-state index in [4.69, 9.17) is 5.73 Å². The maximum atomic E-state index is 13.9. The van der Waals surface area contributed by atoms with Crippen molar-refractivity contribution in [3.63, 3.8) is 0 Å². The fourth-order valence-corrected chi connectivity index (χ4v) is 4.13. The van der Waals surface area contributed by atoms with Crippen molar-refractivity contribution in [2.24, 2.45) is 17.6 Å². The van der Waals surface area contributed by atoms with E-state index in [9.17, 15) is 22.4 Å². The normalized spacial score (nSPS) is 28.8. The maximum absolute atomic E-state index is 13.9. The highest BCUT2D eigenvalue weighted by molar-refractivity contribution is 5.95. The summed E-state index contributed by atoms with van der Waals surface area (Å²) in [5, 5.41) is 2.78. The van der Waals surface area contributed by atoms with Crippen LogP contribution < -0.4 is 11.1 Å². The van der Waals surface area contributed by atoms with E-state index in [1.807, 2.05) is 0 Å². The molecule has 1 amide bonds. The molecule has 25 heavy (non-hydrogen) atoms. The van der Waals surface area contributed by atoms with Crippen LogP contribution in [0.2, 0.25) is 0 Å². The Hall–Kier alpha value is -1.34. The highest BCUT2D eigenvalue weighted by atomic mass is 35.5. The molecule has 1 aromatic carbocycles. The van der Waals surface area contributed by atoms with E-state index in [-0.39, 0.29) is 36.3 Å². The Morgan fingerprint density at radius 1 is 1.16 bits per heavy atom. The molecule has 2 aliphatic rings. The first-order valence-corrected chi connectivity index (χ1v) is 8.19. The lowest BCUT2D eigenvalue weighted by molar-refractivity contribution is -0.137. The maximum Gasteiger partial charge on any atom is 0.416 e. The van der Waals surface area contributed by atoms with Gasteiger partial charge in [0.25, 0.3) is 5.91 Å². The van der Waals surface area contributed by atoms with Gasteiger partial charge in [0.05, 0.1) is 11.1 Å². The molecule has 0 saturated heterocycles. The molecule has 2 aliphatic carbocycles. The van der Waals surface area contributed by atoms with Crippen LogP contribution in [0.25, 0.3) is 0 Å². The van der Waals surface area contributed by atoms with Crippen LogP contribution in [0.1, 0.15) is 48.0 Å². The summed E-state index contributed by atoms with van der Waals surface area (Å²) in [5.74, 6) is -1.30. The van der Waals surface area contributed by atoms with E-state index in [1.165, 1.54) is 0 Å². The smallest absolute Gasteiger partial charge is 0.349 e. The molecule has 8 heteroatoms. The van der Waals surface area contributed by atoms with Gasteiger partial charge in [-0.1, -0.05) is 6.42 Å². The monoisotopic (exact) mass is 380 g/mol. The van der Waals surface area contributed by atoms with Gasteiger partial charge in [0.1, 0.15) is 5.82 Å². The van der Waals surface area contributed by atoms with E-state index < -0.39 is 29.0 Å². The second-order valence-electron chi connectivity index (χ2n) is 6.87. The molecule has 2 saturated carbocycles. The summed E-state index contributed by atoms with van der Waals surface area (Å²) in [5.41, 5.74) is 4.44. The van der Waals surface area contributed by atoms with Gasteiger partial charge in [-0.3, -0.25) is 4.79 Å². The number of nitrogens with one attached hydrogen (secondary N) is 1. The fraction of sp³-hybridized carbons (Fsp3) is 0.588. The molecule has 0 radical (unpaired) electrons. The number of amides is 1. The van der Waals surface area contributed by atoms with E-state index in [1.54, 1.807) is 0 Å². The quantitative estimate of drug-likeness (QED) is 0.764. The van der Waals surface area contributed by atoms with E-state index in [0.29, 0.717) is 18.2 Å². The Balaban J connectivity index is 0.00000225. The molecule has 2 bridgehead atoms. The minimum absolute atomic E-state index is 0. The third-order valence-corrected chi connectivity index (χ3v) is 5.21. The summed E-state index contributed by atoms with van der Waals surface area (Å²) >= 11 is 0. The van der Waals surface area contributed by atoms with Gasteiger partial charge in [0, 0.05) is 12.1 Å². The van der Waals surface area contributed by atoms with Crippen molar-refractivity contribution >= 4 is 18.3 Å². The number of rotatable bonds is 2. The second kappa shape index (κ2) is 7.50. The third kappa shape index (κ3) is 4.26. The highest BCUT2D eigenvalue weighted by Crippen LogP contribution is 2.40. The molecule has 0 aromatic heterocycles. The van der Waals surface area contributed by atoms with Crippen LogP contribution in [-0.4, -0.2) is 18.0 Å². The molecule has 140 valence electrons. The topological polar surface area (TPSA) is 55.1 Å². The minimum atomic E-state index is -4.61. The predicted octanol–water partition coefficient (Wildman–Crippen LogP) is 3.90. The third-order valence-electron chi connectivity index (χ3n) is 5.21. The number of halogens is 5. The molecule has 3 nitrogen and oxygen atoms in total. The average molecular weight is 381 g/mol. The Labute approximate surface area is 149 Å². The van der Waals surface area contributed by atoms with Crippen LogP contribution in [-0.2, 0) is 6.18 Å². The van der Waals surface area contributed by atoms with Gasteiger partial charge in [-0.15, -0.1) is 12.4 Å². The molecular formula is C17H21ClF4N2O. The minimum Gasteiger partial charge on any atom is -0.349 e. The first kappa shape index (κ1) is 20.0. The van der Waals surface area contributed by atoms with Gasteiger partial charge in [0.15, 0.2) is 0 Å². The van der Waals surface area contributed by atoms with Crippen LogP contribution in [0.5, 0.6) is 0 Å². The molecule has 2 fully saturated rings. The first-order chi connectivity index (χ1) is 11.3. The molecule has 1 aromatic rings. The number of hydrogen-bond acceptors (Lipinski definition) is 2. The Bertz CT molecular complexity index is 624. The Morgan fingerprint density at radius 3 is 2.32 bits per heavy atom. The zero-order valence-electron chi connectivity index (χ0n) is 13.5. The van der Waals surface area contributed by atoms with Gasteiger partial charge >= 0.3 is 6.18 Å². The van der Waals surface area contributed by atoms with Crippen LogP contribution in [0.4, 0.5) is 17.6 Å². The van der Waals surface area contributed by atoms with Crippen molar-refractivity contribution in [1.29, 1.82) is 0 Å². The first-order valence-electron chi connectivity index (χ1n) is 8.19. The lowest BCUT2D eigenvalue weighted by Gasteiger charge is -2.45. The summed E-state index contributed by atoms with van der Waals surface area (Å²) in [6, 6.07) is 1.86. The lowest BCUT2D eigenvalue weighted by atomic mass is 9.67. The van der Waals surface area contributed by atoms with Gasteiger partial charge < -0.3 is 11.1 Å². The van der Waals surface area contributed by atoms with Crippen molar-refractivity contribution in [3.05, 3.63) is 35.1 Å². The molecule has 2 atom stereocenters. The second-order valence-corrected chi connectivity index (χ2v) is 6.87. The lowest BCUT2D eigenvalue weighted by Crippen LogP contribution is -2.53. The van der Waals surface area contributed by atoms with Crippen molar-refractivity contribution in [2.75, 3.05) is 0 Å².